The van der Waals surface area contributed by atoms with Crippen molar-refractivity contribution in [1.29, 1.82) is 0 Å². The summed E-state index contributed by atoms with van der Waals surface area (Å²) in [6.45, 7) is 5.28. The van der Waals surface area contributed by atoms with E-state index in [1.165, 1.54) is 62.8 Å². The Morgan fingerprint density at radius 3 is 2.15 bits per heavy atom. The summed E-state index contributed by atoms with van der Waals surface area (Å²) in [7, 11) is 0. The lowest BCUT2D eigenvalue weighted by Crippen LogP contribution is -2.26. The second kappa shape index (κ2) is 14.6. The molecule has 26 heavy (non-hydrogen) atoms. The van der Waals surface area contributed by atoms with E-state index in [2.05, 4.69) is 6.92 Å². The van der Waals surface area contributed by atoms with Gasteiger partial charge in [0.1, 0.15) is 12.4 Å². The minimum Gasteiger partial charge on any atom is -0.508 e. The minimum absolute atomic E-state index is 0.0601. The zero-order valence-electron chi connectivity index (χ0n) is 16.2. The van der Waals surface area contributed by atoms with Gasteiger partial charge in [-0.3, -0.25) is 0 Å². The van der Waals surface area contributed by atoms with Crippen LogP contribution in [-0.2, 0) is 14.2 Å². The lowest BCUT2D eigenvalue weighted by molar-refractivity contribution is -0.161. The Morgan fingerprint density at radius 1 is 0.923 bits per heavy atom. The third kappa shape index (κ3) is 10.4. The van der Waals surface area contributed by atoms with Gasteiger partial charge in [0.05, 0.1) is 5.56 Å². The third-order valence-electron chi connectivity index (χ3n) is 4.11. The van der Waals surface area contributed by atoms with Crippen molar-refractivity contribution >= 4 is 5.97 Å². The topological polar surface area (TPSA) is 65.0 Å². The predicted octanol–water partition coefficient (Wildman–Crippen LogP) is 5.07. The Kier molecular flexibility index (Phi) is 12.6. The zero-order chi connectivity index (χ0) is 19.0. The summed E-state index contributed by atoms with van der Waals surface area (Å²) in [5, 5.41) is 9.25. The van der Waals surface area contributed by atoms with Gasteiger partial charge in [0.15, 0.2) is 6.29 Å². The molecule has 0 aliphatic heterocycles. The number of esters is 1. The van der Waals surface area contributed by atoms with Gasteiger partial charge in [-0.15, -0.1) is 0 Å². The maximum atomic E-state index is 12.0. The molecule has 0 spiro atoms. The third-order valence-corrected chi connectivity index (χ3v) is 4.11. The smallest absolute Gasteiger partial charge is 0.338 e. The lowest BCUT2D eigenvalue weighted by atomic mass is 10.1. The molecule has 1 N–H and O–H groups in total. The van der Waals surface area contributed by atoms with Crippen molar-refractivity contribution in [2.24, 2.45) is 0 Å². The van der Waals surface area contributed by atoms with Gasteiger partial charge in [-0.1, -0.05) is 51.9 Å². The molecule has 1 aromatic rings. The Morgan fingerprint density at radius 2 is 1.54 bits per heavy atom. The molecule has 0 aliphatic rings. The van der Waals surface area contributed by atoms with Crippen LogP contribution in [0.4, 0.5) is 0 Å². The maximum absolute atomic E-state index is 12.0. The molecule has 5 nitrogen and oxygen atoms in total. The van der Waals surface area contributed by atoms with Gasteiger partial charge in [-0.25, -0.2) is 4.79 Å². The molecule has 0 bridgehead atoms. The molecule has 0 saturated carbocycles. The van der Waals surface area contributed by atoms with Gasteiger partial charge in [0.25, 0.3) is 0 Å². The molecule has 0 saturated heterocycles. The molecule has 0 radical (unpaired) electrons. The van der Waals surface area contributed by atoms with E-state index in [0.717, 1.165) is 12.8 Å². The highest BCUT2D eigenvalue weighted by atomic mass is 16.7. The number of hydrogen-bond acceptors (Lipinski definition) is 5. The van der Waals surface area contributed by atoms with E-state index in [4.69, 9.17) is 14.2 Å². The molecule has 0 heterocycles. The van der Waals surface area contributed by atoms with Crippen LogP contribution in [0, 0.1) is 0 Å². The van der Waals surface area contributed by atoms with Gasteiger partial charge >= 0.3 is 5.97 Å². The predicted molar refractivity (Wildman–Crippen MR) is 102 cm³/mol. The summed E-state index contributed by atoms with van der Waals surface area (Å²) in [6.07, 6.45) is 9.41. The van der Waals surface area contributed by atoms with Crippen molar-refractivity contribution in [2.75, 3.05) is 19.8 Å². The maximum Gasteiger partial charge on any atom is 0.338 e. The standard InChI is InChI=1S/C21H34O5/c1-3-5-6-7-8-9-10-11-16-25-20(24-4-2)17-26-21(23)18-12-14-19(22)15-13-18/h12-15,20,22H,3-11,16-17H2,1-2H3. The van der Waals surface area contributed by atoms with Crippen molar-refractivity contribution in [1.82, 2.24) is 0 Å². The highest BCUT2D eigenvalue weighted by molar-refractivity contribution is 5.89. The molecular formula is C21H34O5. The van der Waals surface area contributed by atoms with Crippen molar-refractivity contribution in [2.45, 2.75) is 71.5 Å². The van der Waals surface area contributed by atoms with Crippen LogP contribution in [0.3, 0.4) is 0 Å². The molecule has 148 valence electrons. The summed E-state index contributed by atoms with van der Waals surface area (Å²) >= 11 is 0. The van der Waals surface area contributed by atoms with Crippen LogP contribution >= 0.6 is 0 Å². The largest absolute Gasteiger partial charge is 0.508 e. The Hall–Kier alpha value is -1.59. The number of aromatic hydroxyl groups is 1. The molecule has 5 heteroatoms. The SMILES string of the molecule is CCCCCCCCCCOC(COC(=O)c1ccc(O)cc1)OCC. The number of phenols is 1. The first-order valence-corrected chi connectivity index (χ1v) is 9.86. The summed E-state index contributed by atoms with van der Waals surface area (Å²) in [4.78, 5) is 12.0. The molecular weight excluding hydrogens is 332 g/mol. The quantitative estimate of drug-likeness (QED) is 0.267. The van der Waals surface area contributed by atoms with Gasteiger partial charge in [0, 0.05) is 13.2 Å². The summed E-state index contributed by atoms with van der Waals surface area (Å²) in [5.41, 5.74) is 0.390. The average molecular weight is 366 g/mol. The monoisotopic (exact) mass is 366 g/mol. The number of carbonyl (C=O) groups is 1. The van der Waals surface area contributed by atoms with Crippen molar-refractivity contribution in [3.05, 3.63) is 29.8 Å². The number of benzene rings is 1. The van der Waals surface area contributed by atoms with Gasteiger partial charge < -0.3 is 19.3 Å². The second-order valence-electron chi connectivity index (χ2n) is 6.38. The number of hydrogen-bond donors (Lipinski definition) is 1. The first-order valence-electron chi connectivity index (χ1n) is 9.86. The highest BCUT2D eigenvalue weighted by Gasteiger charge is 2.14. The molecule has 0 fully saturated rings. The lowest BCUT2D eigenvalue weighted by Gasteiger charge is -2.17. The minimum atomic E-state index is -0.536. The van der Waals surface area contributed by atoms with Crippen LogP contribution < -0.4 is 0 Å². The molecule has 1 unspecified atom stereocenters. The molecule has 0 amide bonds. The van der Waals surface area contributed by atoms with Gasteiger partial charge in [-0.05, 0) is 37.6 Å². The number of unbranched alkanes of at least 4 members (excludes halogenated alkanes) is 7. The van der Waals surface area contributed by atoms with Crippen LogP contribution in [0.2, 0.25) is 0 Å². The van der Waals surface area contributed by atoms with Gasteiger partial charge in [0.2, 0.25) is 0 Å². The van der Waals surface area contributed by atoms with E-state index >= 15 is 0 Å². The molecule has 1 aromatic carbocycles. The number of carbonyl (C=O) groups excluding carboxylic acids is 1. The number of phenolic OH excluding ortho intramolecular Hbond substituents is 1. The van der Waals surface area contributed by atoms with Crippen molar-refractivity contribution < 1.29 is 24.1 Å². The van der Waals surface area contributed by atoms with E-state index in [1.54, 1.807) is 0 Å². The Balaban J connectivity index is 2.16. The molecule has 0 aliphatic carbocycles. The summed E-state index contributed by atoms with van der Waals surface area (Å²) in [6, 6.07) is 5.95. The normalized spacial score (nSPS) is 12.1. The number of rotatable bonds is 15. The number of ether oxygens (including phenoxy) is 3. The van der Waals surface area contributed by atoms with Gasteiger partial charge in [-0.2, -0.15) is 0 Å². The van der Waals surface area contributed by atoms with Crippen LogP contribution in [0.15, 0.2) is 24.3 Å². The fraction of sp³-hybridized carbons (Fsp3) is 0.667. The highest BCUT2D eigenvalue weighted by Crippen LogP contribution is 2.12. The Bertz CT molecular complexity index is 472. The van der Waals surface area contributed by atoms with E-state index in [-0.39, 0.29) is 12.4 Å². The summed E-state index contributed by atoms with van der Waals surface area (Å²) < 4.78 is 16.4. The molecule has 1 atom stereocenters. The van der Waals surface area contributed by atoms with Crippen LogP contribution in [-0.4, -0.2) is 37.2 Å². The summed E-state index contributed by atoms with van der Waals surface area (Å²) in [5.74, 6) is -0.340. The van der Waals surface area contributed by atoms with Crippen LogP contribution in [0.5, 0.6) is 5.75 Å². The van der Waals surface area contributed by atoms with E-state index in [1.807, 2.05) is 6.92 Å². The average Bonchev–Trinajstić information content (AvgIpc) is 2.65. The fourth-order valence-corrected chi connectivity index (χ4v) is 2.61. The van der Waals surface area contributed by atoms with Crippen molar-refractivity contribution in [3.8, 4) is 5.75 Å². The Labute approximate surface area is 157 Å². The van der Waals surface area contributed by atoms with Crippen LogP contribution in [0.25, 0.3) is 0 Å². The first-order chi connectivity index (χ1) is 12.7. The van der Waals surface area contributed by atoms with E-state index in [0.29, 0.717) is 18.8 Å². The van der Waals surface area contributed by atoms with E-state index in [9.17, 15) is 9.90 Å². The fourth-order valence-electron chi connectivity index (χ4n) is 2.61. The second-order valence-corrected chi connectivity index (χ2v) is 6.38. The van der Waals surface area contributed by atoms with Crippen molar-refractivity contribution in [3.63, 3.8) is 0 Å². The molecule has 0 aromatic heterocycles. The van der Waals surface area contributed by atoms with E-state index < -0.39 is 12.3 Å². The first kappa shape index (κ1) is 22.5. The van der Waals surface area contributed by atoms with Crippen LogP contribution in [0.1, 0.15) is 75.6 Å². The molecule has 1 rings (SSSR count). The zero-order valence-corrected chi connectivity index (χ0v) is 16.2.